The number of nitro benzene ring substituents is 1. The minimum Gasteiger partial charge on any atom is -0.456 e. The minimum absolute atomic E-state index is 0.0380. The second kappa shape index (κ2) is 9.63. The topological polar surface area (TPSA) is 111 Å². The van der Waals surface area contributed by atoms with Gasteiger partial charge in [0.25, 0.3) is 5.69 Å². The zero-order valence-electron chi connectivity index (χ0n) is 18.9. The zero-order chi connectivity index (χ0) is 25.2. The molecule has 9 heteroatoms. The second-order valence-corrected chi connectivity index (χ2v) is 8.93. The first-order chi connectivity index (χ1) is 17.4. The van der Waals surface area contributed by atoms with Gasteiger partial charge in [-0.3, -0.25) is 14.9 Å². The first-order valence-corrected chi connectivity index (χ1v) is 11.7. The number of carbonyl (C=O) groups excluding carboxylic acids is 1. The van der Waals surface area contributed by atoms with Crippen LogP contribution in [-0.2, 0) is 4.79 Å². The Hall–Kier alpha value is -4.50. The molecule has 0 fully saturated rings. The summed E-state index contributed by atoms with van der Waals surface area (Å²) in [5.41, 5.74) is 3.72. The highest BCUT2D eigenvalue weighted by Gasteiger charge is 2.18. The zero-order valence-corrected chi connectivity index (χ0v) is 20.5. The Morgan fingerprint density at radius 1 is 1.06 bits per heavy atom. The summed E-state index contributed by atoms with van der Waals surface area (Å²) in [6, 6.07) is 21.0. The second-order valence-electron chi connectivity index (χ2n) is 8.01. The molecule has 8 nitrogen and oxygen atoms in total. The molecular formula is C27H18BrN3O5. The molecule has 2 heterocycles. The number of nitrogens with one attached hydrogen (secondary N) is 1. The van der Waals surface area contributed by atoms with Crippen LogP contribution >= 0.6 is 15.9 Å². The molecule has 2 aromatic heterocycles. The molecule has 1 amide bonds. The van der Waals surface area contributed by atoms with Crippen molar-refractivity contribution in [2.45, 2.75) is 6.92 Å². The van der Waals surface area contributed by atoms with E-state index < -0.39 is 4.92 Å². The third kappa shape index (κ3) is 4.96. The fraction of sp³-hybridized carbons (Fsp3) is 0.0370. The van der Waals surface area contributed by atoms with Crippen LogP contribution in [0.4, 0.5) is 11.4 Å². The van der Waals surface area contributed by atoms with Gasteiger partial charge in [-0.15, -0.1) is 0 Å². The number of furan rings is 1. The molecule has 0 saturated carbocycles. The van der Waals surface area contributed by atoms with E-state index in [1.807, 2.05) is 24.3 Å². The van der Waals surface area contributed by atoms with Gasteiger partial charge in [0.05, 0.1) is 10.5 Å². The molecule has 3 aromatic carbocycles. The number of nitro groups is 1. The van der Waals surface area contributed by atoms with Gasteiger partial charge in [-0.05, 0) is 73.2 Å². The molecule has 0 atom stereocenters. The van der Waals surface area contributed by atoms with Crippen LogP contribution in [0, 0.1) is 17.0 Å². The van der Waals surface area contributed by atoms with E-state index in [0.29, 0.717) is 39.8 Å². The van der Waals surface area contributed by atoms with Crippen molar-refractivity contribution in [3.63, 3.8) is 0 Å². The molecule has 0 aliphatic carbocycles. The fourth-order valence-electron chi connectivity index (χ4n) is 3.68. The van der Waals surface area contributed by atoms with E-state index in [4.69, 9.17) is 8.83 Å². The summed E-state index contributed by atoms with van der Waals surface area (Å²) in [6.45, 7) is 1.79. The van der Waals surface area contributed by atoms with Crippen molar-refractivity contribution in [2.24, 2.45) is 0 Å². The van der Waals surface area contributed by atoms with Gasteiger partial charge in [-0.25, -0.2) is 4.98 Å². The highest BCUT2D eigenvalue weighted by Crippen LogP contribution is 2.32. The van der Waals surface area contributed by atoms with E-state index >= 15 is 0 Å². The van der Waals surface area contributed by atoms with Crippen LogP contribution in [0.5, 0.6) is 0 Å². The molecule has 5 aromatic rings. The molecular weight excluding hydrogens is 526 g/mol. The van der Waals surface area contributed by atoms with Crippen LogP contribution < -0.4 is 5.32 Å². The Morgan fingerprint density at radius 2 is 1.92 bits per heavy atom. The van der Waals surface area contributed by atoms with Crippen LogP contribution in [0.3, 0.4) is 0 Å². The number of amides is 1. The summed E-state index contributed by atoms with van der Waals surface area (Å²) in [7, 11) is 0. The van der Waals surface area contributed by atoms with E-state index in [-0.39, 0.29) is 11.6 Å². The predicted octanol–water partition coefficient (Wildman–Crippen LogP) is 7.39. The van der Waals surface area contributed by atoms with Gasteiger partial charge >= 0.3 is 0 Å². The average molecular weight is 544 g/mol. The van der Waals surface area contributed by atoms with E-state index in [2.05, 4.69) is 26.2 Å². The predicted molar refractivity (Wildman–Crippen MR) is 140 cm³/mol. The molecule has 0 aliphatic rings. The van der Waals surface area contributed by atoms with Crippen molar-refractivity contribution in [3.8, 4) is 22.8 Å². The first-order valence-electron chi connectivity index (χ1n) is 10.9. The van der Waals surface area contributed by atoms with Crippen molar-refractivity contribution >= 4 is 50.4 Å². The van der Waals surface area contributed by atoms with Crippen LogP contribution in [0.25, 0.3) is 40.0 Å². The standard InChI is InChI=1S/C27H18BrN3O5/c1-16-5-9-21(23(13-16)31(33)34)24-11-7-20(35-24)8-12-26(32)29-19-6-10-25-22(15-19)30-27(36-25)17-3-2-4-18(28)14-17/h2-15H,1H3,(H,29,32)/b12-8+. The number of carbonyl (C=O) groups is 1. The molecule has 0 saturated heterocycles. The minimum atomic E-state index is -0.443. The molecule has 0 bridgehead atoms. The maximum atomic E-state index is 12.5. The summed E-state index contributed by atoms with van der Waals surface area (Å²) in [6.07, 6.45) is 2.82. The van der Waals surface area contributed by atoms with Gasteiger partial charge in [0, 0.05) is 27.9 Å². The lowest BCUT2D eigenvalue weighted by molar-refractivity contribution is -0.384. The van der Waals surface area contributed by atoms with Gasteiger partial charge < -0.3 is 14.2 Å². The van der Waals surface area contributed by atoms with Gasteiger partial charge in [0.1, 0.15) is 17.0 Å². The first kappa shape index (κ1) is 23.3. The van der Waals surface area contributed by atoms with Crippen LogP contribution in [0.2, 0.25) is 0 Å². The van der Waals surface area contributed by atoms with Crippen molar-refractivity contribution in [1.82, 2.24) is 4.98 Å². The Kier molecular flexibility index (Phi) is 6.22. The van der Waals surface area contributed by atoms with Crippen molar-refractivity contribution < 1.29 is 18.6 Å². The monoisotopic (exact) mass is 543 g/mol. The number of aromatic nitrogens is 1. The quantitative estimate of drug-likeness (QED) is 0.136. The number of aryl methyl sites for hydroxylation is 1. The van der Waals surface area contributed by atoms with E-state index in [1.54, 1.807) is 49.4 Å². The number of oxazole rings is 1. The van der Waals surface area contributed by atoms with Crippen molar-refractivity contribution in [1.29, 1.82) is 0 Å². The number of rotatable bonds is 6. The summed E-state index contributed by atoms with van der Waals surface area (Å²) in [5.74, 6) is 0.849. The molecule has 0 spiro atoms. The third-order valence-corrected chi connectivity index (χ3v) is 5.86. The highest BCUT2D eigenvalue weighted by molar-refractivity contribution is 9.10. The maximum absolute atomic E-state index is 12.5. The van der Waals surface area contributed by atoms with E-state index in [1.165, 1.54) is 18.2 Å². The Labute approximate surface area is 213 Å². The molecule has 0 aliphatic heterocycles. The molecule has 5 rings (SSSR count). The van der Waals surface area contributed by atoms with Crippen LogP contribution in [0.1, 0.15) is 11.3 Å². The molecule has 1 N–H and O–H groups in total. The molecule has 0 unspecified atom stereocenters. The Bertz CT molecular complexity index is 1650. The Balaban J connectivity index is 1.30. The fourth-order valence-corrected chi connectivity index (χ4v) is 4.08. The molecule has 36 heavy (non-hydrogen) atoms. The lowest BCUT2D eigenvalue weighted by atomic mass is 10.1. The Morgan fingerprint density at radius 3 is 2.72 bits per heavy atom. The normalized spacial score (nSPS) is 11.3. The molecule has 0 radical (unpaired) electrons. The summed E-state index contributed by atoms with van der Waals surface area (Å²) in [5, 5.41) is 14.2. The number of hydrogen-bond acceptors (Lipinski definition) is 6. The van der Waals surface area contributed by atoms with Crippen molar-refractivity contribution in [2.75, 3.05) is 5.32 Å². The number of hydrogen-bond donors (Lipinski definition) is 1. The number of fused-ring (bicyclic) bond motifs is 1. The SMILES string of the molecule is Cc1ccc(-c2ccc(/C=C/C(=O)Nc3ccc4oc(-c5cccc(Br)c5)nc4c3)o2)c([N+](=O)[O-])c1. The van der Waals surface area contributed by atoms with Crippen LogP contribution in [-0.4, -0.2) is 15.8 Å². The number of anilines is 1. The van der Waals surface area contributed by atoms with Gasteiger partial charge in [0.2, 0.25) is 11.8 Å². The average Bonchev–Trinajstić information content (AvgIpc) is 3.50. The third-order valence-electron chi connectivity index (χ3n) is 5.37. The summed E-state index contributed by atoms with van der Waals surface area (Å²) >= 11 is 3.44. The van der Waals surface area contributed by atoms with Gasteiger partial charge in [-0.2, -0.15) is 0 Å². The smallest absolute Gasteiger partial charge is 0.280 e. The van der Waals surface area contributed by atoms with E-state index in [0.717, 1.165) is 15.6 Å². The van der Waals surface area contributed by atoms with Crippen molar-refractivity contribution in [3.05, 3.63) is 105 Å². The molecule has 178 valence electrons. The van der Waals surface area contributed by atoms with E-state index in [9.17, 15) is 14.9 Å². The highest BCUT2D eigenvalue weighted by atomic mass is 79.9. The number of benzene rings is 3. The maximum Gasteiger partial charge on any atom is 0.280 e. The summed E-state index contributed by atoms with van der Waals surface area (Å²) in [4.78, 5) is 27.9. The number of halogens is 1. The summed E-state index contributed by atoms with van der Waals surface area (Å²) < 4.78 is 12.5. The van der Waals surface area contributed by atoms with Gasteiger partial charge in [-0.1, -0.05) is 28.1 Å². The number of nitrogens with zero attached hydrogens (tertiary/aromatic N) is 2. The van der Waals surface area contributed by atoms with Crippen LogP contribution in [0.15, 0.2) is 92.2 Å². The van der Waals surface area contributed by atoms with Gasteiger partial charge in [0.15, 0.2) is 5.58 Å². The lowest BCUT2D eigenvalue weighted by Crippen LogP contribution is -2.07. The lowest BCUT2D eigenvalue weighted by Gasteiger charge is -2.01. The largest absolute Gasteiger partial charge is 0.456 e.